The van der Waals surface area contributed by atoms with Crippen LogP contribution in [-0.2, 0) is 23.9 Å². The maximum absolute atomic E-state index is 11.1. The van der Waals surface area contributed by atoms with E-state index in [4.69, 9.17) is 14.6 Å². The topological polar surface area (TPSA) is 89.9 Å². The van der Waals surface area contributed by atoms with Crippen LogP contribution in [0.5, 0.6) is 0 Å². The molecule has 0 spiro atoms. The number of carboxylic acid groups (broad SMARTS) is 1. The zero-order chi connectivity index (χ0) is 15.7. The number of rotatable bonds is 9. The van der Waals surface area contributed by atoms with E-state index in [-0.39, 0.29) is 37.2 Å². The number of hydrogen-bond donors (Lipinski definition) is 1. The third kappa shape index (κ3) is 7.35. The standard InChI is InChI=1S/C14H20O6/c1-9(2)13(17)19-7-5-11(12(15)16)6-8-20-14(18)10(3)4/h11H,1,3,5-8H2,2,4H3,(H,15,16). The molecule has 0 saturated heterocycles. The largest absolute Gasteiger partial charge is 0.481 e. The summed E-state index contributed by atoms with van der Waals surface area (Å²) in [4.78, 5) is 33.3. The van der Waals surface area contributed by atoms with Crippen LogP contribution in [0.4, 0.5) is 0 Å². The van der Waals surface area contributed by atoms with Crippen molar-refractivity contribution in [1.82, 2.24) is 0 Å². The highest BCUT2D eigenvalue weighted by Gasteiger charge is 2.19. The quantitative estimate of drug-likeness (QED) is 0.512. The fraction of sp³-hybridized carbons (Fsp3) is 0.500. The molecule has 0 aromatic carbocycles. The molecule has 1 N–H and O–H groups in total. The van der Waals surface area contributed by atoms with E-state index in [0.717, 1.165) is 0 Å². The van der Waals surface area contributed by atoms with Crippen LogP contribution in [0.3, 0.4) is 0 Å². The summed E-state index contributed by atoms with van der Waals surface area (Å²) >= 11 is 0. The molecule has 0 atom stereocenters. The van der Waals surface area contributed by atoms with Crippen LogP contribution in [0.1, 0.15) is 26.7 Å². The maximum atomic E-state index is 11.1. The lowest BCUT2D eigenvalue weighted by Gasteiger charge is -2.12. The molecule has 0 aliphatic rings. The predicted octanol–water partition coefficient (Wildman–Crippen LogP) is 1.71. The molecule has 0 fully saturated rings. The Morgan fingerprint density at radius 1 is 0.950 bits per heavy atom. The van der Waals surface area contributed by atoms with E-state index in [1.807, 2.05) is 0 Å². The lowest BCUT2D eigenvalue weighted by atomic mass is 10.0. The summed E-state index contributed by atoms with van der Waals surface area (Å²) in [6.45, 7) is 9.82. The van der Waals surface area contributed by atoms with Gasteiger partial charge < -0.3 is 14.6 Å². The van der Waals surface area contributed by atoms with Gasteiger partial charge in [-0.25, -0.2) is 9.59 Å². The van der Waals surface area contributed by atoms with Gasteiger partial charge in [0.2, 0.25) is 0 Å². The second kappa shape index (κ2) is 8.90. The lowest BCUT2D eigenvalue weighted by Crippen LogP contribution is -2.20. The van der Waals surface area contributed by atoms with Crippen LogP contribution in [0.2, 0.25) is 0 Å². The summed E-state index contributed by atoms with van der Waals surface area (Å²) in [5.74, 6) is -2.88. The van der Waals surface area contributed by atoms with Crippen LogP contribution in [0.25, 0.3) is 0 Å². The number of ether oxygens (including phenoxy) is 2. The molecular formula is C14H20O6. The second-order valence-corrected chi connectivity index (χ2v) is 4.45. The van der Waals surface area contributed by atoms with Gasteiger partial charge in [-0.2, -0.15) is 0 Å². The molecular weight excluding hydrogens is 264 g/mol. The molecule has 6 heteroatoms. The van der Waals surface area contributed by atoms with Crippen LogP contribution in [0, 0.1) is 5.92 Å². The Balaban J connectivity index is 4.09. The van der Waals surface area contributed by atoms with Crippen molar-refractivity contribution in [2.24, 2.45) is 5.92 Å². The minimum absolute atomic E-state index is 0.0168. The van der Waals surface area contributed by atoms with E-state index in [1.165, 1.54) is 13.8 Å². The van der Waals surface area contributed by atoms with Crippen LogP contribution in [0.15, 0.2) is 24.3 Å². The van der Waals surface area contributed by atoms with Crippen molar-refractivity contribution < 1.29 is 29.0 Å². The van der Waals surface area contributed by atoms with Gasteiger partial charge in [0.25, 0.3) is 0 Å². The Labute approximate surface area is 118 Å². The maximum Gasteiger partial charge on any atom is 0.333 e. The van der Waals surface area contributed by atoms with Gasteiger partial charge in [-0.15, -0.1) is 0 Å². The number of carbonyl (C=O) groups is 3. The Morgan fingerprint density at radius 2 is 1.30 bits per heavy atom. The fourth-order valence-electron chi connectivity index (χ4n) is 1.23. The number of carbonyl (C=O) groups excluding carboxylic acids is 2. The molecule has 0 bridgehead atoms. The van der Waals surface area contributed by atoms with Crippen molar-refractivity contribution in [2.75, 3.05) is 13.2 Å². The second-order valence-electron chi connectivity index (χ2n) is 4.45. The molecule has 112 valence electrons. The van der Waals surface area contributed by atoms with E-state index < -0.39 is 23.8 Å². The molecule has 0 aromatic heterocycles. The van der Waals surface area contributed by atoms with Gasteiger partial charge >= 0.3 is 17.9 Å². The minimum atomic E-state index is -1.03. The van der Waals surface area contributed by atoms with Gasteiger partial charge in [-0.3, -0.25) is 4.79 Å². The molecule has 0 rings (SSSR count). The first-order valence-electron chi connectivity index (χ1n) is 6.13. The smallest absolute Gasteiger partial charge is 0.333 e. The first-order valence-corrected chi connectivity index (χ1v) is 6.13. The van der Waals surface area contributed by atoms with Gasteiger partial charge in [0.1, 0.15) is 0 Å². The van der Waals surface area contributed by atoms with Crippen molar-refractivity contribution in [3.8, 4) is 0 Å². The Bertz CT molecular complexity index is 378. The first-order chi connectivity index (χ1) is 9.25. The minimum Gasteiger partial charge on any atom is -0.481 e. The molecule has 0 unspecified atom stereocenters. The SMILES string of the molecule is C=C(C)C(=O)OCCC(CCOC(=O)C(=C)C)C(=O)O. The third-order valence-electron chi connectivity index (χ3n) is 2.45. The fourth-order valence-corrected chi connectivity index (χ4v) is 1.23. The summed E-state index contributed by atoms with van der Waals surface area (Å²) in [5.41, 5.74) is 0.513. The number of aliphatic carboxylic acids is 1. The normalized spacial score (nSPS) is 9.95. The summed E-state index contributed by atoms with van der Waals surface area (Å²) < 4.78 is 9.65. The van der Waals surface area contributed by atoms with Crippen LogP contribution in [-0.4, -0.2) is 36.2 Å². The van der Waals surface area contributed by atoms with Crippen molar-refractivity contribution >= 4 is 17.9 Å². The van der Waals surface area contributed by atoms with Gasteiger partial charge in [-0.1, -0.05) is 13.2 Å². The monoisotopic (exact) mass is 284 g/mol. The molecule has 0 amide bonds. The highest BCUT2D eigenvalue weighted by Crippen LogP contribution is 2.10. The van der Waals surface area contributed by atoms with E-state index in [2.05, 4.69) is 13.2 Å². The molecule has 0 radical (unpaired) electrons. The summed E-state index contributed by atoms with van der Waals surface area (Å²) in [6, 6.07) is 0. The molecule has 0 aromatic rings. The molecule has 0 aliphatic carbocycles. The molecule has 0 aliphatic heterocycles. The number of hydrogen-bond acceptors (Lipinski definition) is 5. The Hall–Kier alpha value is -2.11. The third-order valence-corrected chi connectivity index (χ3v) is 2.45. The zero-order valence-corrected chi connectivity index (χ0v) is 11.8. The molecule has 6 nitrogen and oxygen atoms in total. The van der Waals surface area contributed by atoms with Crippen molar-refractivity contribution in [3.05, 3.63) is 24.3 Å². The zero-order valence-electron chi connectivity index (χ0n) is 11.8. The number of carboxylic acids is 1. The highest BCUT2D eigenvalue weighted by atomic mass is 16.5. The van der Waals surface area contributed by atoms with E-state index in [0.29, 0.717) is 0 Å². The first kappa shape index (κ1) is 17.9. The summed E-state index contributed by atoms with van der Waals surface area (Å²) in [6.07, 6.45) is 0.304. The average Bonchev–Trinajstić information content (AvgIpc) is 2.35. The van der Waals surface area contributed by atoms with Crippen molar-refractivity contribution in [3.63, 3.8) is 0 Å². The van der Waals surface area contributed by atoms with E-state index >= 15 is 0 Å². The van der Waals surface area contributed by atoms with Gasteiger partial charge in [-0.05, 0) is 26.7 Å². The molecule has 0 saturated carbocycles. The van der Waals surface area contributed by atoms with Crippen LogP contribution >= 0.6 is 0 Å². The Morgan fingerprint density at radius 3 is 1.55 bits per heavy atom. The Kier molecular flexibility index (Phi) is 7.96. The van der Waals surface area contributed by atoms with Crippen molar-refractivity contribution in [1.29, 1.82) is 0 Å². The molecule has 20 heavy (non-hydrogen) atoms. The lowest BCUT2D eigenvalue weighted by molar-refractivity contribution is -0.147. The van der Waals surface area contributed by atoms with E-state index in [9.17, 15) is 14.4 Å². The molecule has 0 heterocycles. The summed E-state index contributed by atoms with van der Waals surface area (Å²) in [5, 5.41) is 9.01. The van der Waals surface area contributed by atoms with Gasteiger partial charge in [0.05, 0.1) is 19.1 Å². The van der Waals surface area contributed by atoms with E-state index in [1.54, 1.807) is 0 Å². The summed E-state index contributed by atoms with van der Waals surface area (Å²) in [7, 11) is 0. The van der Waals surface area contributed by atoms with Gasteiger partial charge in [0.15, 0.2) is 0 Å². The number of esters is 2. The van der Waals surface area contributed by atoms with Crippen molar-refractivity contribution in [2.45, 2.75) is 26.7 Å². The predicted molar refractivity (Wildman–Crippen MR) is 71.9 cm³/mol. The highest BCUT2D eigenvalue weighted by molar-refractivity contribution is 5.87. The van der Waals surface area contributed by atoms with Gasteiger partial charge in [0, 0.05) is 11.1 Å². The van der Waals surface area contributed by atoms with Crippen LogP contribution < -0.4 is 0 Å². The average molecular weight is 284 g/mol.